The number of rotatable bonds is 5. The quantitative estimate of drug-likeness (QED) is 0.890. The van der Waals surface area contributed by atoms with Gasteiger partial charge in [-0.25, -0.2) is 4.98 Å². The van der Waals surface area contributed by atoms with Crippen molar-refractivity contribution in [2.45, 2.75) is 39.7 Å². The Bertz CT molecular complexity index is 613. The summed E-state index contributed by atoms with van der Waals surface area (Å²) in [6.45, 7) is 8.53. The van der Waals surface area contributed by atoms with Crippen molar-refractivity contribution >= 4 is 22.3 Å². The number of hydrogen-bond acceptors (Lipinski definition) is 3. The molecule has 0 atom stereocenters. The van der Waals surface area contributed by atoms with Crippen molar-refractivity contribution in [2.24, 2.45) is 0 Å². The van der Waals surface area contributed by atoms with Gasteiger partial charge in [-0.15, -0.1) is 0 Å². The molecule has 1 N–H and O–H groups in total. The molecule has 106 valence electrons. The second kappa shape index (κ2) is 5.31. The number of fused-ring (bicyclic) bond motifs is 1. The Kier molecular flexibility index (Phi) is 3.51. The molecule has 3 heteroatoms. The molecule has 20 heavy (non-hydrogen) atoms. The lowest BCUT2D eigenvalue weighted by Gasteiger charge is -2.23. The zero-order chi connectivity index (χ0) is 14.1. The third-order valence-corrected chi connectivity index (χ3v) is 4.10. The average molecular weight is 269 g/mol. The van der Waals surface area contributed by atoms with E-state index in [-0.39, 0.29) is 0 Å². The lowest BCUT2D eigenvalue weighted by Crippen LogP contribution is -2.23. The van der Waals surface area contributed by atoms with Crippen LogP contribution in [0.1, 0.15) is 32.3 Å². The molecule has 0 saturated heterocycles. The Morgan fingerprint density at radius 1 is 1.25 bits per heavy atom. The van der Waals surface area contributed by atoms with E-state index >= 15 is 0 Å². The first-order chi connectivity index (χ1) is 9.74. The summed E-state index contributed by atoms with van der Waals surface area (Å²) >= 11 is 0. The molecule has 1 aliphatic rings. The van der Waals surface area contributed by atoms with Crippen LogP contribution in [0.3, 0.4) is 0 Å². The molecule has 1 heterocycles. The maximum absolute atomic E-state index is 4.73. The number of nitrogens with one attached hydrogen (secondary N) is 1. The molecule has 0 radical (unpaired) electrons. The Labute approximate surface area is 121 Å². The summed E-state index contributed by atoms with van der Waals surface area (Å²) in [7, 11) is 0. The van der Waals surface area contributed by atoms with E-state index in [1.54, 1.807) is 0 Å². The predicted octanol–water partition coefficient (Wildman–Crippen LogP) is 3.96. The molecule has 0 aliphatic heterocycles. The van der Waals surface area contributed by atoms with Crippen LogP contribution in [0.2, 0.25) is 0 Å². The minimum Gasteiger partial charge on any atom is -0.381 e. The van der Waals surface area contributed by atoms with Gasteiger partial charge in [0, 0.05) is 29.9 Å². The van der Waals surface area contributed by atoms with E-state index in [0.29, 0.717) is 6.04 Å². The number of anilines is 2. The largest absolute Gasteiger partial charge is 0.381 e. The van der Waals surface area contributed by atoms with Gasteiger partial charge in [-0.05, 0) is 39.2 Å². The molecule has 1 aromatic heterocycles. The molecule has 1 saturated carbocycles. The van der Waals surface area contributed by atoms with E-state index in [2.05, 4.69) is 49.2 Å². The summed E-state index contributed by atoms with van der Waals surface area (Å²) in [6.07, 6.45) is 4.58. The Hall–Kier alpha value is -1.77. The first kappa shape index (κ1) is 13.2. The fourth-order valence-corrected chi connectivity index (χ4v) is 2.80. The molecular formula is C17H23N3. The first-order valence-electron chi connectivity index (χ1n) is 7.64. The summed E-state index contributed by atoms with van der Waals surface area (Å²) in [5.41, 5.74) is 2.51. The van der Waals surface area contributed by atoms with Crippen molar-refractivity contribution in [1.29, 1.82) is 0 Å². The number of aromatic nitrogens is 1. The summed E-state index contributed by atoms with van der Waals surface area (Å²) < 4.78 is 0. The minimum atomic E-state index is 0.652. The van der Waals surface area contributed by atoms with Gasteiger partial charge in [-0.2, -0.15) is 0 Å². The molecule has 1 aliphatic carbocycles. The topological polar surface area (TPSA) is 28.2 Å². The molecule has 3 nitrogen and oxygen atoms in total. The van der Waals surface area contributed by atoms with Crippen molar-refractivity contribution in [3.8, 4) is 0 Å². The Balaban J connectivity index is 2.16. The highest BCUT2D eigenvalue weighted by atomic mass is 15.2. The van der Waals surface area contributed by atoms with Gasteiger partial charge in [0.2, 0.25) is 0 Å². The van der Waals surface area contributed by atoms with Crippen LogP contribution in [0.25, 0.3) is 10.8 Å². The number of benzene rings is 1. The maximum atomic E-state index is 4.73. The standard InChI is InChI=1S/C17H23N3/c1-4-20(5-2)17-14-8-6-7-12(3)16(14)15(11-18-17)19-13-9-10-13/h6-8,11,13,19H,4-5,9-10H2,1-3H3. The molecule has 1 aromatic carbocycles. The number of pyridine rings is 1. The van der Waals surface area contributed by atoms with Gasteiger partial charge in [-0.3, -0.25) is 0 Å². The fourth-order valence-electron chi connectivity index (χ4n) is 2.80. The van der Waals surface area contributed by atoms with Crippen LogP contribution in [0.5, 0.6) is 0 Å². The molecule has 0 amide bonds. The van der Waals surface area contributed by atoms with Gasteiger partial charge in [0.15, 0.2) is 0 Å². The zero-order valence-electron chi connectivity index (χ0n) is 12.6. The Morgan fingerprint density at radius 2 is 2.00 bits per heavy atom. The summed E-state index contributed by atoms with van der Waals surface area (Å²) in [5, 5.41) is 6.21. The molecule has 1 fully saturated rings. The van der Waals surface area contributed by atoms with E-state index in [9.17, 15) is 0 Å². The summed E-state index contributed by atoms with van der Waals surface area (Å²) in [5.74, 6) is 1.11. The van der Waals surface area contributed by atoms with Gasteiger partial charge >= 0.3 is 0 Å². The van der Waals surface area contributed by atoms with E-state index in [4.69, 9.17) is 4.98 Å². The van der Waals surface area contributed by atoms with Crippen molar-refractivity contribution in [2.75, 3.05) is 23.3 Å². The van der Waals surface area contributed by atoms with E-state index in [1.165, 1.54) is 34.9 Å². The smallest absolute Gasteiger partial charge is 0.136 e. The monoisotopic (exact) mass is 269 g/mol. The third kappa shape index (κ3) is 2.33. The highest BCUT2D eigenvalue weighted by molar-refractivity contribution is 6.02. The fraction of sp³-hybridized carbons (Fsp3) is 0.471. The number of nitrogens with zero attached hydrogens (tertiary/aromatic N) is 2. The normalized spacial score (nSPS) is 14.6. The third-order valence-electron chi connectivity index (χ3n) is 4.10. The number of aryl methyl sites for hydroxylation is 1. The second-order valence-corrected chi connectivity index (χ2v) is 5.58. The summed E-state index contributed by atoms with van der Waals surface area (Å²) in [4.78, 5) is 7.06. The molecule has 0 spiro atoms. The van der Waals surface area contributed by atoms with Crippen molar-refractivity contribution < 1.29 is 0 Å². The maximum Gasteiger partial charge on any atom is 0.136 e. The highest BCUT2D eigenvalue weighted by Crippen LogP contribution is 2.35. The lowest BCUT2D eigenvalue weighted by atomic mass is 10.0. The van der Waals surface area contributed by atoms with Crippen LogP contribution in [-0.2, 0) is 0 Å². The molecule has 0 bridgehead atoms. The SMILES string of the molecule is CCN(CC)c1ncc(NC2CC2)c2c(C)cccc12. The van der Waals surface area contributed by atoms with Gasteiger partial charge < -0.3 is 10.2 Å². The Morgan fingerprint density at radius 3 is 2.65 bits per heavy atom. The minimum absolute atomic E-state index is 0.652. The molecule has 2 aromatic rings. The molecule has 0 unspecified atom stereocenters. The predicted molar refractivity (Wildman–Crippen MR) is 86.7 cm³/mol. The van der Waals surface area contributed by atoms with Gasteiger partial charge in [0.25, 0.3) is 0 Å². The van der Waals surface area contributed by atoms with Crippen LogP contribution in [0.15, 0.2) is 24.4 Å². The van der Waals surface area contributed by atoms with Crippen molar-refractivity contribution in [3.63, 3.8) is 0 Å². The average Bonchev–Trinajstić information content (AvgIpc) is 3.26. The molecule has 3 rings (SSSR count). The van der Waals surface area contributed by atoms with Crippen LogP contribution in [0.4, 0.5) is 11.5 Å². The van der Waals surface area contributed by atoms with E-state index < -0.39 is 0 Å². The highest BCUT2D eigenvalue weighted by Gasteiger charge is 2.22. The first-order valence-corrected chi connectivity index (χ1v) is 7.64. The van der Waals surface area contributed by atoms with Gasteiger partial charge in [0.05, 0.1) is 11.9 Å². The lowest BCUT2D eigenvalue weighted by molar-refractivity contribution is 0.851. The van der Waals surface area contributed by atoms with Crippen molar-refractivity contribution in [3.05, 3.63) is 30.0 Å². The van der Waals surface area contributed by atoms with Gasteiger partial charge in [-0.1, -0.05) is 18.2 Å². The van der Waals surface area contributed by atoms with Crippen LogP contribution in [0, 0.1) is 6.92 Å². The number of hydrogen-bond donors (Lipinski definition) is 1. The summed E-state index contributed by atoms with van der Waals surface area (Å²) in [6, 6.07) is 7.17. The van der Waals surface area contributed by atoms with E-state index in [1.807, 2.05) is 6.20 Å². The van der Waals surface area contributed by atoms with Crippen LogP contribution in [-0.4, -0.2) is 24.1 Å². The van der Waals surface area contributed by atoms with Crippen molar-refractivity contribution in [1.82, 2.24) is 4.98 Å². The van der Waals surface area contributed by atoms with E-state index in [0.717, 1.165) is 18.9 Å². The van der Waals surface area contributed by atoms with Gasteiger partial charge in [0.1, 0.15) is 5.82 Å². The zero-order valence-corrected chi connectivity index (χ0v) is 12.6. The molecular weight excluding hydrogens is 246 g/mol. The second-order valence-electron chi connectivity index (χ2n) is 5.58. The van der Waals surface area contributed by atoms with Crippen LogP contribution < -0.4 is 10.2 Å². The van der Waals surface area contributed by atoms with Crippen LogP contribution >= 0.6 is 0 Å².